The van der Waals surface area contributed by atoms with Crippen LogP contribution in [0.25, 0.3) is 0 Å². The van der Waals surface area contributed by atoms with Crippen molar-refractivity contribution in [2.45, 2.75) is 25.3 Å². The quantitative estimate of drug-likeness (QED) is 0.227. The van der Waals surface area contributed by atoms with E-state index >= 15 is 0 Å². The van der Waals surface area contributed by atoms with Crippen molar-refractivity contribution in [3.8, 4) is 11.5 Å². The van der Waals surface area contributed by atoms with Crippen LogP contribution in [0.3, 0.4) is 0 Å². The predicted octanol–water partition coefficient (Wildman–Crippen LogP) is -0.794. The van der Waals surface area contributed by atoms with Crippen molar-refractivity contribution in [2.24, 2.45) is 0 Å². The van der Waals surface area contributed by atoms with E-state index in [4.69, 9.17) is 4.65 Å². The number of rotatable bonds is 6. The van der Waals surface area contributed by atoms with Crippen LogP contribution in [-0.4, -0.2) is 92.4 Å². The number of hydrogen-bond donors (Lipinski definition) is 5. The molecule has 204 valence electrons. The van der Waals surface area contributed by atoms with Gasteiger partial charge in [0.15, 0.2) is 11.9 Å². The highest BCUT2D eigenvalue weighted by Crippen LogP contribution is 2.30. The number of fused-ring (bicyclic) bond motifs is 1. The number of carboxylic acid groups (broad SMARTS) is 1. The van der Waals surface area contributed by atoms with Crippen LogP contribution in [-0.2, 0) is 20.8 Å². The normalized spacial score (nSPS) is 17.7. The number of halogens is 1. The molecule has 1 aromatic carbocycles. The maximum atomic E-state index is 14.7. The molecular weight excluding hydrogens is 520 g/mol. The summed E-state index contributed by atoms with van der Waals surface area (Å²) in [6, 6.07) is 1.89. The third kappa shape index (κ3) is 5.45. The molecule has 5 N–H and O–H groups in total. The zero-order valence-corrected chi connectivity index (χ0v) is 20.5. The number of likely N-dealkylation sites (N-methyl/N-ethyl adjacent to an activating group) is 1. The van der Waals surface area contributed by atoms with Gasteiger partial charge in [0.25, 0.3) is 0 Å². The molecule has 1 saturated heterocycles. The fraction of sp³-hybridized carbons (Fsp3) is 0.304. The summed E-state index contributed by atoms with van der Waals surface area (Å²) in [5.41, 5.74) is -0.457. The van der Waals surface area contributed by atoms with Gasteiger partial charge in [0.05, 0.1) is 17.7 Å². The number of urea groups is 1. The number of aromatic nitrogens is 1. The van der Waals surface area contributed by atoms with Crippen molar-refractivity contribution in [3.05, 3.63) is 53.1 Å². The standard InChI is InChI=1S/C23H23BFN5O9/c1-2-29-6-7-30(21(34)20(29)33)23(37)28-17(16-14(25)9-12(31)10-26-16)19(32)27-15-8-11-4-3-5-13(22(35)36)18(11)39-24(15)38/h3-5,9-10,15,17,31,38H,2,6-8H2,1H3,(H,27,32)(H,28,37)(H,35,36)/t15-,17+/m0/s1. The minimum absolute atomic E-state index is 0.0561. The van der Waals surface area contributed by atoms with Crippen molar-refractivity contribution in [2.75, 3.05) is 19.6 Å². The van der Waals surface area contributed by atoms with E-state index in [2.05, 4.69) is 15.6 Å². The Kier molecular flexibility index (Phi) is 7.67. The zero-order chi connectivity index (χ0) is 28.4. The molecule has 14 nitrogen and oxygen atoms in total. The molecule has 5 amide bonds. The number of nitrogens with one attached hydrogen (secondary N) is 2. The first-order valence-electron chi connectivity index (χ1n) is 11.8. The maximum absolute atomic E-state index is 14.7. The van der Waals surface area contributed by atoms with E-state index in [0.717, 1.165) is 6.20 Å². The summed E-state index contributed by atoms with van der Waals surface area (Å²) in [6.07, 6.45) is 0.753. The summed E-state index contributed by atoms with van der Waals surface area (Å²) < 4.78 is 20.1. The number of nitrogens with zero attached hydrogens (tertiary/aromatic N) is 3. The highest BCUT2D eigenvalue weighted by Gasteiger charge is 2.41. The molecule has 2 aromatic rings. The number of hydrogen-bond acceptors (Lipinski definition) is 9. The van der Waals surface area contributed by atoms with Gasteiger partial charge in [-0.05, 0) is 25.0 Å². The van der Waals surface area contributed by atoms with E-state index in [1.807, 2.05) is 0 Å². The number of pyridine rings is 1. The lowest BCUT2D eigenvalue weighted by Gasteiger charge is -2.33. The highest BCUT2D eigenvalue weighted by atomic mass is 19.1. The minimum atomic E-state index is -1.87. The fourth-order valence-electron chi connectivity index (χ4n) is 4.26. The van der Waals surface area contributed by atoms with Crippen molar-refractivity contribution < 1.29 is 48.3 Å². The molecule has 0 bridgehead atoms. The van der Waals surface area contributed by atoms with Gasteiger partial charge >= 0.3 is 30.9 Å². The third-order valence-corrected chi connectivity index (χ3v) is 6.27. The summed E-state index contributed by atoms with van der Waals surface area (Å²) in [5, 5.41) is 34.0. The van der Waals surface area contributed by atoms with Gasteiger partial charge in [-0.25, -0.2) is 14.0 Å². The Morgan fingerprint density at radius 2 is 2.00 bits per heavy atom. The molecular formula is C23H23BFN5O9. The smallest absolute Gasteiger partial charge is 0.534 e. The molecule has 39 heavy (non-hydrogen) atoms. The first-order chi connectivity index (χ1) is 18.5. The first kappa shape index (κ1) is 27.3. The number of amides is 5. The Morgan fingerprint density at radius 3 is 2.67 bits per heavy atom. The molecule has 2 atom stereocenters. The highest BCUT2D eigenvalue weighted by molar-refractivity contribution is 6.47. The Morgan fingerprint density at radius 1 is 1.26 bits per heavy atom. The lowest BCUT2D eigenvalue weighted by Crippen LogP contribution is -2.60. The minimum Gasteiger partial charge on any atom is -0.534 e. The molecule has 2 aliphatic rings. The molecule has 0 unspecified atom stereocenters. The van der Waals surface area contributed by atoms with Gasteiger partial charge in [0.1, 0.15) is 17.2 Å². The lowest BCUT2D eigenvalue weighted by atomic mass is 9.72. The Balaban J connectivity index is 1.58. The van der Waals surface area contributed by atoms with Crippen LogP contribution in [0.1, 0.15) is 34.6 Å². The van der Waals surface area contributed by atoms with E-state index in [9.17, 15) is 43.6 Å². The maximum Gasteiger partial charge on any atom is 0.547 e. The predicted molar refractivity (Wildman–Crippen MR) is 129 cm³/mol. The van der Waals surface area contributed by atoms with Crippen LogP contribution in [0, 0.1) is 5.82 Å². The number of aromatic hydroxyl groups is 1. The second-order valence-electron chi connectivity index (χ2n) is 8.71. The largest absolute Gasteiger partial charge is 0.547 e. The third-order valence-electron chi connectivity index (χ3n) is 6.27. The van der Waals surface area contributed by atoms with Crippen LogP contribution < -0.4 is 15.3 Å². The second kappa shape index (κ2) is 10.9. The molecule has 0 saturated carbocycles. The summed E-state index contributed by atoms with van der Waals surface area (Å²) in [7, 11) is -1.71. The summed E-state index contributed by atoms with van der Waals surface area (Å²) in [5.74, 6) is -7.37. The van der Waals surface area contributed by atoms with E-state index < -0.39 is 66.1 Å². The Labute approximate surface area is 220 Å². The number of benzene rings is 1. The van der Waals surface area contributed by atoms with E-state index in [-0.39, 0.29) is 37.4 Å². The van der Waals surface area contributed by atoms with Gasteiger partial charge in [-0.1, -0.05) is 12.1 Å². The van der Waals surface area contributed by atoms with Gasteiger partial charge < -0.3 is 35.4 Å². The van der Waals surface area contributed by atoms with Crippen LogP contribution in [0.5, 0.6) is 11.5 Å². The molecule has 16 heteroatoms. The fourth-order valence-corrected chi connectivity index (χ4v) is 4.26. The van der Waals surface area contributed by atoms with Crippen molar-refractivity contribution >= 4 is 36.8 Å². The molecule has 0 radical (unpaired) electrons. The Bertz CT molecular complexity index is 1360. The summed E-state index contributed by atoms with van der Waals surface area (Å²) in [6.45, 7) is 1.78. The van der Waals surface area contributed by atoms with Crippen molar-refractivity contribution in [1.82, 2.24) is 25.4 Å². The van der Waals surface area contributed by atoms with Crippen LogP contribution >= 0.6 is 0 Å². The topological polar surface area (TPSA) is 199 Å². The van der Waals surface area contributed by atoms with Crippen LogP contribution in [0.2, 0.25) is 0 Å². The molecule has 1 aromatic heterocycles. The van der Waals surface area contributed by atoms with Gasteiger partial charge in [0, 0.05) is 25.7 Å². The van der Waals surface area contributed by atoms with Gasteiger partial charge in [-0.15, -0.1) is 0 Å². The number of carbonyl (C=O) groups is 5. The van der Waals surface area contributed by atoms with Crippen LogP contribution in [0.15, 0.2) is 30.5 Å². The molecule has 3 heterocycles. The number of imide groups is 1. The number of piperazine rings is 1. The van der Waals surface area contributed by atoms with Crippen molar-refractivity contribution in [3.63, 3.8) is 0 Å². The van der Waals surface area contributed by atoms with Gasteiger partial charge in [-0.3, -0.25) is 24.3 Å². The van der Waals surface area contributed by atoms with Crippen molar-refractivity contribution in [1.29, 1.82) is 0 Å². The average Bonchev–Trinajstić information content (AvgIpc) is 2.89. The molecule has 2 aliphatic heterocycles. The number of carbonyl (C=O) groups excluding carboxylic acids is 4. The summed E-state index contributed by atoms with van der Waals surface area (Å²) >= 11 is 0. The number of carboxylic acids is 1. The van der Waals surface area contributed by atoms with E-state index in [1.165, 1.54) is 23.1 Å². The van der Waals surface area contributed by atoms with E-state index in [1.54, 1.807) is 6.92 Å². The monoisotopic (exact) mass is 543 g/mol. The average molecular weight is 543 g/mol. The Hall–Kier alpha value is -4.73. The number of aromatic carboxylic acids is 1. The SMILES string of the molecule is CCN1CCN(C(=O)N[C@@H](C(=O)N[C@H]2Cc3cccc(C(=O)O)c3OB2O)c2ncc(O)cc2F)C(=O)C1=O. The number of para-hydroxylation sites is 1. The second-order valence-corrected chi connectivity index (χ2v) is 8.71. The van der Waals surface area contributed by atoms with Gasteiger partial charge in [-0.2, -0.15) is 0 Å². The molecule has 1 fully saturated rings. The molecule has 4 rings (SSSR count). The lowest BCUT2D eigenvalue weighted by molar-refractivity contribution is -0.153. The van der Waals surface area contributed by atoms with E-state index in [0.29, 0.717) is 16.5 Å². The summed E-state index contributed by atoms with van der Waals surface area (Å²) in [4.78, 5) is 67.9. The zero-order valence-electron chi connectivity index (χ0n) is 20.5. The van der Waals surface area contributed by atoms with Gasteiger partial charge in [0.2, 0.25) is 5.91 Å². The molecule has 0 spiro atoms. The first-order valence-corrected chi connectivity index (χ1v) is 11.8. The van der Waals surface area contributed by atoms with Crippen LogP contribution in [0.4, 0.5) is 9.18 Å². The molecule has 0 aliphatic carbocycles.